The summed E-state index contributed by atoms with van der Waals surface area (Å²) in [6.45, 7) is 14.8. The van der Waals surface area contributed by atoms with Gasteiger partial charge in [-0.05, 0) is 16.6 Å². The van der Waals surface area contributed by atoms with E-state index in [1.807, 2.05) is 11.6 Å². The van der Waals surface area contributed by atoms with Crippen molar-refractivity contribution in [2.45, 2.75) is 64.6 Å². The molecule has 0 bridgehead atoms. The Morgan fingerprint density at radius 3 is 2.06 bits per heavy atom. The van der Waals surface area contributed by atoms with Crippen molar-refractivity contribution in [2.24, 2.45) is 0 Å². The van der Waals surface area contributed by atoms with Gasteiger partial charge >= 0.3 is 0 Å². The first kappa shape index (κ1) is 15.9. The molecule has 0 atom stereocenters. The second-order valence-electron chi connectivity index (χ2n) is 5.84. The Bertz CT molecular complexity index is 314. The molecule has 0 aliphatic rings. The van der Waals surface area contributed by atoms with E-state index in [-0.39, 0.29) is 0 Å². The largest absolute Gasteiger partial charge is 0.416 e. The molecule has 1 rings (SSSR count). The zero-order valence-corrected chi connectivity index (χ0v) is 14.4. The number of thiazole rings is 1. The minimum absolute atomic E-state index is 0.661. The minimum Gasteiger partial charge on any atom is -0.416 e. The second kappa shape index (κ2) is 6.82. The highest BCUT2D eigenvalue weighted by Gasteiger charge is 2.44. The van der Waals surface area contributed by atoms with E-state index in [0.717, 1.165) is 13.0 Å². The van der Waals surface area contributed by atoms with Crippen LogP contribution in [0.15, 0.2) is 11.6 Å². The zero-order chi connectivity index (χ0) is 13.8. The maximum absolute atomic E-state index is 6.49. The summed E-state index contributed by atoms with van der Waals surface area (Å²) in [6.07, 6.45) is 2.83. The normalized spacial score (nSPS) is 12.9. The van der Waals surface area contributed by atoms with Crippen molar-refractivity contribution in [2.75, 3.05) is 6.61 Å². The van der Waals surface area contributed by atoms with Crippen molar-refractivity contribution in [1.29, 1.82) is 0 Å². The summed E-state index contributed by atoms with van der Waals surface area (Å²) >= 11 is 1.72. The molecule has 4 heteroatoms. The fourth-order valence-electron chi connectivity index (χ4n) is 3.19. The van der Waals surface area contributed by atoms with Crippen molar-refractivity contribution in [3.8, 4) is 0 Å². The van der Waals surface area contributed by atoms with E-state index in [1.165, 1.54) is 5.01 Å². The molecule has 0 amide bonds. The van der Waals surface area contributed by atoms with Crippen LogP contribution in [0.5, 0.6) is 0 Å². The molecule has 2 nitrogen and oxygen atoms in total. The summed E-state index contributed by atoms with van der Waals surface area (Å²) in [6, 6.07) is 0. The Labute approximate surface area is 117 Å². The Hall–Kier alpha value is -0.193. The van der Waals surface area contributed by atoms with Gasteiger partial charge in [0.1, 0.15) is 0 Å². The van der Waals surface area contributed by atoms with E-state index >= 15 is 0 Å². The molecule has 18 heavy (non-hydrogen) atoms. The maximum atomic E-state index is 6.49. The summed E-state index contributed by atoms with van der Waals surface area (Å²) in [5.41, 5.74) is 1.98. The molecule has 0 saturated carbocycles. The lowest BCUT2D eigenvalue weighted by Gasteiger charge is -2.42. The predicted molar refractivity (Wildman–Crippen MR) is 82.8 cm³/mol. The molecule has 0 spiro atoms. The second-order valence-corrected chi connectivity index (χ2v) is 12.3. The number of rotatable bonds is 7. The van der Waals surface area contributed by atoms with Crippen molar-refractivity contribution in [3.63, 3.8) is 0 Å². The van der Waals surface area contributed by atoms with Gasteiger partial charge < -0.3 is 4.43 Å². The van der Waals surface area contributed by atoms with Gasteiger partial charge in [0.2, 0.25) is 0 Å². The fourth-order valence-corrected chi connectivity index (χ4v) is 9.25. The van der Waals surface area contributed by atoms with E-state index in [4.69, 9.17) is 4.43 Å². The minimum atomic E-state index is -1.68. The van der Waals surface area contributed by atoms with Crippen molar-refractivity contribution >= 4 is 19.7 Å². The quantitative estimate of drug-likeness (QED) is 0.666. The van der Waals surface area contributed by atoms with Crippen LogP contribution in [-0.4, -0.2) is 19.9 Å². The number of hydrogen-bond donors (Lipinski definition) is 0. The molecular formula is C14H27NOSSi. The van der Waals surface area contributed by atoms with Crippen LogP contribution in [-0.2, 0) is 10.8 Å². The Kier molecular flexibility index (Phi) is 6.01. The summed E-state index contributed by atoms with van der Waals surface area (Å²) < 4.78 is 6.49. The van der Waals surface area contributed by atoms with E-state index < -0.39 is 8.32 Å². The monoisotopic (exact) mass is 285 g/mol. The van der Waals surface area contributed by atoms with Gasteiger partial charge in [-0.25, -0.2) is 4.98 Å². The third-order valence-electron chi connectivity index (χ3n) is 3.86. The molecule has 1 aromatic heterocycles. The summed E-state index contributed by atoms with van der Waals surface area (Å²) in [7, 11) is -1.68. The summed E-state index contributed by atoms with van der Waals surface area (Å²) in [5.74, 6) is 0. The van der Waals surface area contributed by atoms with Crippen molar-refractivity contribution < 1.29 is 4.43 Å². The van der Waals surface area contributed by atoms with Gasteiger partial charge in [-0.15, -0.1) is 11.3 Å². The zero-order valence-electron chi connectivity index (χ0n) is 12.6. The smallest absolute Gasteiger partial charge is 0.200 e. The van der Waals surface area contributed by atoms with Crippen LogP contribution >= 0.6 is 11.3 Å². The average molecular weight is 286 g/mol. The van der Waals surface area contributed by atoms with E-state index in [2.05, 4.69) is 46.5 Å². The standard InChI is InChI=1S/C14H27NOSSi/c1-11(2)18(12(3)4,13(5)6)16-9-7-14-15-8-10-17-14/h8,10-13H,7,9H2,1-6H3. The molecule has 104 valence electrons. The highest BCUT2D eigenvalue weighted by molar-refractivity contribution is 7.09. The number of hydrogen-bond acceptors (Lipinski definition) is 3. The average Bonchev–Trinajstić information content (AvgIpc) is 2.75. The van der Waals surface area contributed by atoms with Gasteiger partial charge in [-0.3, -0.25) is 0 Å². The van der Waals surface area contributed by atoms with Crippen molar-refractivity contribution in [1.82, 2.24) is 4.98 Å². The topological polar surface area (TPSA) is 22.1 Å². The maximum Gasteiger partial charge on any atom is 0.200 e. The van der Waals surface area contributed by atoms with Gasteiger partial charge in [-0.1, -0.05) is 41.5 Å². The summed E-state index contributed by atoms with van der Waals surface area (Å²) in [4.78, 5) is 4.32. The summed E-state index contributed by atoms with van der Waals surface area (Å²) in [5, 5.41) is 3.22. The first-order valence-electron chi connectivity index (χ1n) is 6.93. The van der Waals surface area contributed by atoms with Gasteiger partial charge in [0.05, 0.1) is 5.01 Å². The third kappa shape index (κ3) is 3.43. The molecular weight excluding hydrogens is 258 g/mol. The molecule has 0 fully saturated rings. The third-order valence-corrected chi connectivity index (χ3v) is 10.8. The molecule has 0 aromatic carbocycles. The first-order valence-corrected chi connectivity index (χ1v) is 9.95. The van der Waals surface area contributed by atoms with Crippen molar-refractivity contribution in [3.05, 3.63) is 16.6 Å². The number of aromatic nitrogens is 1. The predicted octanol–water partition coefficient (Wildman–Crippen LogP) is 4.88. The highest BCUT2D eigenvalue weighted by atomic mass is 32.1. The lowest BCUT2D eigenvalue weighted by atomic mass is 10.5. The Morgan fingerprint density at radius 1 is 1.11 bits per heavy atom. The molecule has 0 unspecified atom stereocenters. The fraction of sp³-hybridized carbons (Fsp3) is 0.786. The molecule has 0 aliphatic carbocycles. The molecule has 0 radical (unpaired) electrons. The van der Waals surface area contributed by atoms with Crippen LogP contribution in [0.4, 0.5) is 0 Å². The Morgan fingerprint density at radius 2 is 1.67 bits per heavy atom. The van der Waals surface area contributed by atoms with Crippen LogP contribution in [0.2, 0.25) is 16.6 Å². The van der Waals surface area contributed by atoms with Crippen LogP contribution in [0.1, 0.15) is 46.6 Å². The molecule has 0 aliphatic heterocycles. The van der Waals surface area contributed by atoms with Gasteiger partial charge in [0.15, 0.2) is 8.32 Å². The van der Waals surface area contributed by atoms with Crippen LogP contribution in [0, 0.1) is 0 Å². The van der Waals surface area contributed by atoms with Crippen LogP contribution < -0.4 is 0 Å². The molecule has 0 N–H and O–H groups in total. The SMILES string of the molecule is CC(C)[Si](OCCc1nccs1)(C(C)C)C(C)C. The van der Waals surface area contributed by atoms with E-state index in [9.17, 15) is 0 Å². The van der Waals surface area contributed by atoms with E-state index in [1.54, 1.807) is 11.3 Å². The van der Waals surface area contributed by atoms with Crippen LogP contribution in [0.3, 0.4) is 0 Å². The number of nitrogens with zero attached hydrogens (tertiary/aromatic N) is 1. The van der Waals surface area contributed by atoms with Gasteiger partial charge in [0, 0.05) is 24.6 Å². The van der Waals surface area contributed by atoms with Gasteiger partial charge in [0.25, 0.3) is 0 Å². The highest BCUT2D eigenvalue weighted by Crippen LogP contribution is 2.42. The Balaban J connectivity index is 2.67. The van der Waals surface area contributed by atoms with E-state index in [0.29, 0.717) is 16.6 Å². The van der Waals surface area contributed by atoms with Crippen LogP contribution in [0.25, 0.3) is 0 Å². The molecule has 1 heterocycles. The lowest BCUT2D eigenvalue weighted by molar-refractivity contribution is 0.281. The molecule has 0 saturated heterocycles. The lowest BCUT2D eigenvalue weighted by Crippen LogP contribution is -2.48. The first-order chi connectivity index (χ1) is 8.41. The molecule has 1 aromatic rings. The van der Waals surface area contributed by atoms with Gasteiger partial charge in [-0.2, -0.15) is 0 Å².